The molecule has 6 nitrogen and oxygen atoms in total. The van der Waals surface area contributed by atoms with Gasteiger partial charge in [0, 0.05) is 32.3 Å². The van der Waals surface area contributed by atoms with Gasteiger partial charge >= 0.3 is 0 Å². The van der Waals surface area contributed by atoms with Crippen LogP contribution in [0.4, 0.5) is 0 Å². The van der Waals surface area contributed by atoms with Crippen LogP contribution in [-0.4, -0.2) is 58.2 Å². The molecule has 2 aliphatic heterocycles. The van der Waals surface area contributed by atoms with Crippen molar-refractivity contribution in [2.75, 3.05) is 37.8 Å². The topological polar surface area (TPSA) is 79.8 Å². The molecule has 3 aliphatic rings. The second-order valence-corrected chi connectivity index (χ2v) is 11.7. The van der Waals surface area contributed by atoms with Crippen LogP contribution in [0.15, 0.2) is 4.99 Å². The Balaban J connectivity index is 1.53. The predicted molar refractivity (Wildman–Crippen MR) is 110 cm³/mol. The van der Waals surface area contributed by atoms with Crippen molar-refractivity contribution in [2.24, 2.45) is 22.2 Å². The van der Waals surface area contributed by atoms with Gasteiger partial charge in [-0.15, -0.1) is 0 Å². The molecule has 2 saturated heterocycles. The summed E-state index contributed by atoms with van der Waals surface area (Å²) in [6, 6.07) is 0.391. The van der Waals surface area contributed by atoms with E-state index in [1.165, 1.54) is 25.7 Å². The standard InChI is InChI=1S/C20H37N3O3S/c1-20(2)8-3-16(4-9-20)13-21-19(23-18-5-10-26-11-6-18)22-14-17-7-12-27(24,25)15-17/h16-18H,3-15H2,1-2H3,(H2,21,22,23). The van der Waals surface area contributed by atoms with E-state index in [9.17, 15) is 8.42 Å². The molecular formula is C20H37N3O3S. The minimum absolute atomic E-state index is 0.166. The fraction of sp³-hybridized carbons (Fsp3) is 0.950. The molecule has 0 bridgehead atoms. The molecule has 1 aliphatic carbocycles. The first-order valence-corrected chi connectivity index (χ1v) is 12.5. The van der Waals surface area contributed by atoms with Gasteiger partial charge in [-0.2, -0.15) is 0 Å². The van der Waals surface area contributed by atoms with E-state index >= 15 is 0 Å². The van der Waals surface area contributed by atoms with Gasteiger partial charge in [0.15, 0.2) is 15.8 Å². The van der Waals surface area contributed by atoms with Crippen LogP contribution in [0.3, 0.4) is 0 Å². The Morgan fingerprint density at radius 3 is 2.41 bits per heavy atom. The summed E-state index contributed by atoms with van der Waals surface area (Å²) in [6.07, 6.45) is 7.86. The molecule has 0 aromatic rings. The smallest absolute Gasteiger partial charge is 0.191 e. The molecule has 3 fully saturated rings. The highest BCUT2D eigenvalue weighted by molar-refractivity contribution is 7.91. The summed E-state index contributed by atoms with van der Waals surface area (Å²) in [5, 5.41) is 7.12. The Kier molecular flexibility index (Phi) is 7.06. The van der Waals surface area contributed by atoms with Gasteiger partial charge in [-0.3, -0.25) is 4.99 Å². The molecule has 2 heterocycles. The maximum atomic E-state index is 11.7. The van der Waals surface area contributed by atoms with Crippen molar-refractivity contribution in [1.29, 1.82) is 0 Å². The highest BCUT2D eigenvalue weighted by Gasteiger charge is 2.29. The van der Waals surface area contributed by atoms with Crippen LogP contribution in [-0.2, 0) is 14.6 Å². The lowest BCUT2D eigenvalue weighted by Gasteiger charge is -2.34. The third-order valence-corrected chi connectivity index (χ3v) is 8.25. The molecule has 0 aromatic carbocycles. The van der Waals surface area contributed by atoms with Crippen molar-refractivity contribution >= 4 is 15.8 Å². The number of aliphatic imine (C=N–C) groups is 1. The fourth-order valence-corrected chi connectivity index (χ4v) is 6.18. The first-order chi connectivity index (χ1) is 12.8. The van der Waals surface area contributed by atoms with Crippen molar-refractivity contribution in [3.05, 3.63) is 0 Å². The SMILES string of the molecule is CC1(C)CCC(CNC(=NCC2CCS(=O)(=O)C2)NC2CCOCC2)CC1. The highest BCUT2D eigenvalue weighted by atomic mass is 32.2. The number of rotatable bonds is 5. The minimum Gasteiger partial charge on any atom is -0.381 e. The number of nitrogens with one attached hydrogen (secondary N) is 2. The summed E-state index contributed by atoms with van der Waals surface area (Å²) in [5.74, 6) is 2.33. The maximum Gasteiger partial charge on any atom is 0.191 e. The van der Waals surface area contributed by atoms with Crippen LogP contribution in [0, 0.1) is 17.3 Å². The van der Waals surface area contributed by atoms with Crippen molar-refractivity contribution in [2.45, 2.75) is 64.8 Å². The second-order valence-electron chi connectivity index (χ2n) is 9.48. The second kappa shape index (κ2) is 9.12. The molecule has 0 amide bonds. The summed E-state index contributed by atoms with van der Waals surface area (Å²) < 4.78 is 28.8. The molecule has 3 rings (SSSR count). The van der Waals surface area contributed by atoms with Crippen molar-refractivity contribution < 1.29 is 13.2 Å². The van der Waals surface area contributed by atoms with E-state index in [4.69, 9.17) is 9.73 Å². The fourth-order valence-electron chi connectivity index (χ4n) is 4.33. The van der Waals surface area contributed by atoms with E-state index in [1.54, 1.807) is 0 Å². The molecule has 27 heavy (non-hydrogen) atoms. The van der Waals surface area contributed by atoms with Crippen LogP contribution >= 0.6 is 0 Å². The monoisotopic (exact) mass is 399 g/mol. The first kappa shape index (κ1) is 20.9. The molecule has 1 saturated carbocycles. The Labute approximate surface area is 164 Å². The highest BCUT2D eigenvalue weighted by Crippen LogP contribution is 2.37. The number of ether oxygens (including phenoxy) is 1. The third-order valence-electron chi connectivity index (χ3n) is 6.41. The van der Waals surface area contributed by atoms with E-state index in [0.717, 1.165) is 45.0 Å². The van der Waals surface area contributed by atoms with Gasteiger partial charge in [0.05, 0.1) is 11.5 Å². The molecule has 0 aromatic heterocycles. The van der Waals surface area contributed by atoms with E-state index in [-0.39, 0.29) is 5.92 Å². The summed E-state index contributed by atoms with van der Waals surface area (Å²) in [5.41, 5.74) is 0.488. The summed E-state index contributed by atoms with van der Waals surface area (Å²) in [6.45, 7) is 7.87. The lowest BCUT2D eigenvalue weighted by atomic mass is 9.73. The number of hydrogen-bond acceptors (Lipinski definition) is 4. The van der Waals surface area contributed by atoms with Crippen LogP contribution in [0.2, 0.25) is 0 Å². The quantitative estimate of drug-likeness (QED) is 0.548. The van der Waals surface area contributed by atoms with E-state index in [1.807, 2.05) is 0 Å². The Hall–Kier alpha value is -0.820. The Morgan fingerprint density at radius 1 is 1.07 bits per heavy atom. The van der Waals surface area contributed by atoms with Gasteiger partial charge in [0.2, 0.25) is 0 Å². The summed E-state index contributed by atoms with van der Waals surface area (Å²) in [7, 11) is -2.84. The minimum atomic E-state index is -2.84. The first-order valence-electron chi connectivity index (χ1n) is 10.6. The van der Waals surface area contributed by atoms with Gasteiger partial charge in [-0.05, 0) is 62.2 Å². The molecule has 156 valence electrons. The third kappa shape index (κ3) is 6.93. The number of sulfone groups is 1. The van der Waals surface area contributed by atoms with Crippen LogP contribution in [0.25, 0.3) is 0 Å². The van der Waals surface area contributed by atoms with Crippen LogP contribution < -0.4 is 10.6 Å². The zero-order valence-corrected chi connectivity index (χ0v) is 17.8. The van der Waals surface area contributed by atoms with Gasteiger partial charge in [-0.25, -0.2) is 8.42 Å². The number of hydrogen-bond donors (Lipinski definition) is 2. The normalized spacial score (nSPS) is 29.6. The van der Waals surface area contributed by atoms with Crippen LogP contribution in [0.1, 0.15) is 58.8 Å². The maximum absolute atomic E-state index is 11.7. The average Bonchev–Trinajstić information content (AvgIpc) is 2.98. The summed E-state index contributed by atoms with van der Waals surface area (Å²) >= 11 is 0. The molecule has 0 spiro atoms. The molecular weight excluding hydrogens is 362 g/mol. The molecule has 2 N–H and O–H groups in total. The molecule has 1 unspecified atom stereocenters. The van der Waals surface area contributed by atoms with Crippen molar-refractivity contribution in [3.63, 3.8) is 0 Å². The van der Waals surface area contributed by atoms with Gasteiger partial charge in [-0.1, -0.05) is 13.8 Å². The Bertz CT molecular complexity index is 602. The van der Waals surface area contributed by atoms with Gasteiger partial charge < -0.3 is 15.4 Å². The zero-order chi connectivity index (χ0) is 19.3. The largest absolute Gasteiger partial charge is 0.381 e. The van der Waals surface area contributed by atoms with Crippen molar-refractivity contribution in [1.82, 2.24) is 10.6 Å². The Morgan fingerprint density at radius 2 is 1.78 bits per heavy atom. The number of guanidine groups is 1. The lowest BCUT2D eigenvalue weighted by molar-refractivity contribution is 0.0821. The van der Waals surface area contributed by atoms with Crippen molar-refractivity contribution in [3.8, 4) is 0 Å². The number of nitrogens with zero attached hydrogens (tertiary/aromatic N) is 1. The van der Waals surface area contributed by atoms with Crippen LogP contribution in [0.5, 0.6) is 0 Å². The molecule has 0 radical (unpaired) electrons. The predicted octanol–water partition coefficient (Wildman–Crippen LogP) is 2.35. The molecule has 7 heteroatoms. The van der Waals surface area contributed by atoms with E-state index in [0.29, 0.717) is 35.4 Å². The van der Waals surface area contributed by atoms with E-state index < -0.39 is 9.84 Å². The molecule has 1 atom stereocenters. The lowest BCUT2D eigenvalue weighted by Crippen LogP contribution is -2.47. The van der Waals surface area contributed by atoms with E-state index in [2.05, 4.69) is 24.5 Å². The van der Waals surface area contributed by atoms with Gasteiger partial charge in [0.25, 0.3) is 0 Å². The average molecular weight is 400 g/mol. The summed E-state index contributed by atoms with van der Waals surface area (Å²) in [4.78, 5) is 4.77. The zero-order valence-electron chi connectivity index (χ0n) is 17.0. The van der Waals surface area contributed by atoms with Gasteiger partial charge in [0.1, 0.15) is 0 Å².